The lowest BCUT2D eigenvalue weighted by atomic mass is 9.57. The fraction of sp³-hybridized carbons (Fsp3) is 0.417. The Kier molecular flexibility index (Phi) is 24.5. The molecular formula is C120H144N8. The van der Waals surface area contributed by atoms with Gasteiger partial charge in [0.25, 0.3) is 0 Å². The number of aryl methyl sites for hydroxylation is 12. The summed E-state index contributed by atoms with van der Waals surface area (Å²) >= 11 is 0. The summed E-state index contributed by atoms with van der Waals surface area (Å²) in [5.74, 6) is 3.11. The van der Waals surface area contributed by atoms with Gasteiger partial charge in [0.15, 0.2) is 0 Å². The van der Waals surface area contributed by atoms with E-state index in [0.29, 0.717) is 0 Å². The third-order valence-electron chi connectivity index (χ3n) is 33.0. The van der Waals surface area contributed by atoms with Gasteiger partial charge in [0.2, 0.25) is 0 Å². The fourth-order valence-electron chi connectivity index (χ4n) is 27.0. The van der Waals surface area contributed by atoms with Gasteiger partial charge in [0.1, 0.15) is 24.7 Å². The molecule has 4 aliphatic carbocycles. The van der Waals surface area contributed by atoms with Gasteiger partial charge < -0.3 is 39.2 Å². The Morgan fingerprint density at radius 1 is 0.219 bits per heavy atom. The first-order valence-electron chi connectivity index (χ1n) is 49.3. The van der Waals surface area contributed by atoms with Crippen LogP contribution in [0.25, 0.3) is 0 Å². The molecule has 0 radical (unpaired) electrons. The highest BCUT2D eigenvalue weighted by atomic mass is 15.5. The maximum atomic E-state index is 2.72. The predicted octanol–water partition coefficient (Wildman–Crippen LogP) is 31.7. The van der Waals surface area contributed by atoms with Crippen molar-refractivity contribution in [3.05, 3.63) is 389 Å². The minimum Gasteiger partial charge on any atom is -0.324 e. The van der Waals surface area contributed by atoms with E-state index in [2.05, 4.69) is 420 Å². The van der Waals surface area contributed by atoms with Crippen LogP contribution in [-0.2, 0) is 5.41 Å². The third kappa shape index (κ3) is 14.9. The van der Waals surface area contributed by atoms with Crippen molar-refractivity contribution in [1.29, 1.82) is 0 Å². The molecule has 0 bridgehead atoms. The summed E-state index contributed by atoms with van der Waals surface area (Å²) in [6, 6.07) is 73.3. The second kappa shape index (κ2) is 35.6. The molecular weight excluding hydrogens is 1550 g/mol. The predicted molar refractivity (Wildman–Crippen MR) is 538 cm³/mol. The van der Waals surface area contributed by atoms with Crippen LogP contribution in [0.3, 0.4) is 0 Å². The molecule has 21 rings (SSSR count). The monoisotopic (exact) mass is 1700 g/mol. The second-order valence-corrected chi connectivity index (χ2v) is 41.1. The van der Waals surface area contributed by atoms with Gasteiger partial charge in [-0.3, -0.25) is 0 Å². The molecule has 8 nitrogen and oxygen atoms in total. The summed E-state index contributed by atoms with van der Waals surface area (Å²) in [6.07, 6.45) is 47.0. The molecule has 9 aromatic carbocycles. The van der Waals surface area contributed by atoms with E-state index in [0.717, 1.165) is 23.7 Å². The highest BCUT2D eigenvalue weighted by Crippen LogP contribution is 2.67. The first kappa shape index (κ1) is 88.0. The molecule has 0 saturated heterocycles. The van der Waals surface area contributed by atoms with Crippen LogP contribution in [0.1, 0.15) is 290 Å². The van der Waals surface area contributed by atoms with Crippen LogP contribution in [0.5, 0.6) is 0 Å². The molecule has 9 aromatic rings. The van der Waals surface area contributed by atoms with Gasteiger partial charge in [0.05, 0.1) is 11.1 Å². The molecule has 0 amide bonds. The summed E-state index contributed by atoms with van der Waals surface area (Å²) in [6.45, 7) is 43.5. The van der Waals surface area contributed by atoms with Gasteiger partial charge in [-0.25, -0.2) is 0 Å². The van der Waals surface area contributed by atoms with Crippen LogP contribution in [0, 0.1) is 123 Å². The van der Waals surface area contributed by atoms with Gasteiger partial charge in [-0.1, -0.05) is 285 Å². The van der Waals surface area contributed by atoms with Crippen LogP contribution < -0.4 is 19.6 Å². The lowest BCUT2D eigenvalue weighted by molar-refractivity contribution is 0.0914. The van der Waals surface area contributed by atoms with E-state index in [1.807, 2.05) is 0 Å². The van der Waals surface area contributed by atoms with Gasteiger partial charge in [-0.15, -0.1) is 0 Å². The lowest BCUT2D eigenvalue weighted by Crippen LogP contribution is -2.41. The van der Waals surface area contributed by atoms with E-state index >= 15 is 0 Å². The number of allylic oxidation sites excluding steroid dienone is 8. The van der Waals surface area contributed by atoms with Crippen molar-refractivity contribution in [2.75, 3.05) is 19.6 Å². The first-order chi connectivity index (χ1) is 61.8. The Hall–Kier alpha value is -10.7. The van der Waals surface area contributed by atoms with Crippen LogP contribution in [-0.4, -0.2) is 19.6 Å². The standard InChI is InChI=1S/C34H44N2.C33H42N2.C29H30N2.C24H28N2/c1-24-14-11-12-21-30(24)36-27(4)32-34(28-17-7-5-8-18-28,29-19-9-6-10-20-29)22-23-35(32)33(36)31-25(2)15-13-16-26(31)3;1-23-13-8-11-20-29(23)35-26(4)31-33(28-18-9-10-19-28,27-16-6-5-7-17-27)21-22-34(31)32(35)30-24(2)14-12-15-25(30)3;1-20-12-9-10-17-25(20)31-23(4)27-29(5,24-15-7-6-8-16-24)18-19-30(27)28(31)26-21(2)13-11-14-22(26)3;1-16-10-7-8-13-20(16)26-19(4)22-24(5,6)14-15-25(22)23(26)21-17(2)11-9-12-18(21)3/h11-16,21-23,28-29,33H,5-10,17-20H2,1-4H3;8,11-15,20-22,27-28,32H,5-7,9-10,16-19H2,1-4H3;6-19,28H,1-5H3;7-15,23H,1-6H3. The largest absolute Gasteiger partial charge is 0.324 e. The number of benzene rings is 9. The van der Waals surface area contributed by atoms with Gasteiger partial charge >= 0.3 is 0 Å². The maximum Gasteiger partial charge on any atom is 0.136 e. The summed E-state index contributed by atoms with van der Waals surface area (Å²) in [5, 5.41) is 0. The van der Waals surface area contributed by atoms with Crippen molar-refractivity contribution in [3.8, 4) is 0 Å². The Balaban J connectivity index is 0.000000116. The quantitative estimate of drug-likeness (QED) is 0.113. The number of rotatable bonds is 13. The van der Waals surface area contributed by atoms with E-state index in [9.17, 15) is 0 Å². The molecule has 8 heterocycles. The van der Waals surface area contributed by atoms with E-state index in [1.165, 1.54) is 274 Å². The normalized spacial score (nSPS) is 24.1. The minimum atomic E-state index is -0.155. The Labute approximate surface area is 769 Å². The molecule has 0 spiro atoms. The Morgan fingerprint density at radius 3 is 0.742 bits per heavy atom. The Bertz CT molecular complexity index is 5810. The molecule has 6 unspecified atom stereocenters. The zero-order chi connectivity index (χ0) is 89.4. The molecule has 4 saturated carbocycles. The molecule has 128 heavy (non-hydrogen) atoms. The van der Waals surface area contributed by atoms with Crippen LogP contribution in [0.15, 0.2) is 295 Å². The second-order valence-electron chi connectivity index (χ2n) is 41.1. The van der Waals surface area contributed by atoms with Gasteiger partial charge in [0, 0.05) is 126 Å². The van der Waals surface area contributed by atoms with Crippen LogP contribution >= 0.6 is 0 Å². The van der Waals surface area contributed by atoms with E-state index in [1.54, 1.807) is 11.4 Å². The number of para-hydroxylation sites is 4. The molecule has 8 aliphatic heterocycles. The van der Waals surface area contributed by atoms with E-state index in [-0.39, 0.29) is 46.3 Å². The first-order valence-corrected chi connectivity index (χ1v) is 49.3. The van der Waals surface area contributed by atoms with Crippen LogP contribution in [0.4, 0.5) is 22.7 Å². The van der Waals surface area contributed by atoms with Crippen molar-refractivity contribution >= 4 is 22.7 Å². The molecule has 12 aliphatic rings. The highest BCUT2D eigenvalue weighted by molar-refractivity contribution is 5.71. The smallest absolute Gasteiger partial charge is 0.136 e. The highest BCUT2D eigenvalue weighted by Gasteiger charge is 2.60. The Morgan fingerprint density at radius 2 is 0.445 bits per heavy atom. The van der Waals surface area contributed by atoms with E-state index < -0.39 is 0 Å². The molecule has 4 fully saturated rings. The summed E-state index contributed by atoms with van der Waals surface area (Å²) in [5.41, 5.74) is 40.6. The van der Waals surface area contributed by atoms with Gasteiger partial charge in [-0.05, 0) is 289 Å². The van der Waals surface area contributed by atoms with Crippen LogP contribution in [0.2, 0.25) is 0 Å². The van der Waals surface area contributed by atoms with Crippen molar-refractivity contribution in [1.82, 2.24) is 19.6 Å². The van der Waals surface area contributed by atoms with Crippen molar-refractivity contribution in [2.45, 2.75) is 284 Å². The average molecular weight is 1700 g/mol. The summed E-state index contributed by atoms with van der Waals surface area (Å²) in [4.78, 5) is 20.9. The van der Waals surface area contributed by atoms with E-state index in [4.69, 9.17) is 0 Å². The van der Waals surface area contributed by atoms with Gasteiger partial charge in [-0.2, -0.15) is 0 Å². The zero-order valence-corrected chi connectivity index (χ0v) is 80.8. The molecule has 0 N–H and O–H groups in total. The number of hydrogen-bond donors (Lipinski definition) is 0. The fourth-order valence-corrected chi connectivity index (χ4v) is 27.0. The molecule has 664 valence electrons. The van der Waals surface area contributed by atoms with Crippen molar-refractivity contribution < 1.29 is 0 Å². The summed E-state index contributed by atoms with van der Waals surface area (Å²) < 4.78 is 0. The zero-order valence-electron chi connectivity index (χ0n) is 80.8. The average Bonchev–Trinajstić information content (AvgIpc) is 1.54. The SMILES string of the molecule is CC1=C2N(C=CC2(C)C)C(c2c(C)cccc2C)N1c1ccccc1C.CC1=C2N(C=CC2(C)c2ccccc2)C(c2c(C)cccc2C)N1c1ccccc1C.CC1=C2N(C=CC2(C2CCCCC2)C2CCCC2)C(c2c(C)cccc2C)N1c1ccccc1C.CC1=C2N(C=CC2(C2CCCCC2)C2CCCCC2)C(c2c(C)cccc2C)N1c1ccccc1C. The molecule has 0 aromatic heterocycles. The summed E-state index contributed by atoms with van der Waals surface area (Å²) in [7, 11) is 0. The number of hydrogen-bond acceptors (Lipinski definition) is 8. The lowest BCUT2D eigenvalue weighted by Gasteiger charge is -2.47. The number of fused-ring (bicyclic) bond motifs is 4. The molecule has 6 atom stereocenters. The molecule has 8 heteroatoms. The van der Waals surface area contributed by atoms with Crippen molar-refractivity contribution in [2.24, 2.45) is 39.9 Å². The van der Waals surface area contributed by atoms with Crippen molar-refractivity contribution in [3.63, 3.8) is 0 Å². The third-order valence-corrected chi connectivity index (χ3v) is 33.0. The minimum absolute atomic E-state index is 0.0519. The number of anilines is 4. The topological polar surface area (TPSA) is 25.9 Å². The maximum absolute atomic E-state index is 2.72. The number of nitrogens with zero attached hydrogens (tertiary/aromatic N) is 8.